The van der Waals surface area contributed by atoms with Crippen molar-refractivity contribution in [2.24, 2.45) is 0 Å². The van der Waals surface area contributed by atoms with E-state index >= 15 is 0 Å². The van der Waals surface area contributed by atoms with Gasteiger partial charge in [0.25, 0.3) is 5.91 Å². The number of anilines is 1. The molecule has 1 aromatic carbocycles. The summed E-state index contributed by atoms with van der Waals surface area (Å²) in [5.74, 6) is 1.79. The Morgan fingerprint density at radius 2 is 2.12 bits per heavy atom. The number of likely N-dealkylation sites (N-methyl/N-ethyl adjacent to an activating group) is 1. The normalized spacial score (nSPS) is 14.7. The number of benzene rings is 1. The largest absolute Gasteiger partial charge is 0.483 e. The lowest BCUT2D eigenvalue weighted by atomic mass is 10.0. The van der Waals surface area contributed by atoms with Crippen molar-refractivity contribution in [2.75, 3.05) is 18.6 Å². The fourth-order valence-corrected chi connectivity index (χ4v) is 2.72. The molecule has 0 fully saturated rings. The molecule has 3 rings (SSSR count). The van der Waals surface area contributed by atoms with Gasteiger partial charge in [-0.3, -0.25) is 9.69 Å². The molecule has 24 heavy (non-hydrogen) atoms. The Balaban J connectivity index is 1.67. The minimum Gasteiger partial charge on any atom is -0.483 e. The standard InChI is InChI=1S/C19H22N2O3/c1-13-8-9-16(20-11-13)21(4)17(22)12-23-15-7-5-6-14-10-19(2,3)24-18(14)15/h5-9,11H,10,12H2,1-4H3. The van der Waals surface area contributed by atoms with Gasteiger partial charge in [-0.25, -0.2) is 4.98 Å². The van der Waals surface area contributed by atoms with E-state index in [0.29, 0.717) is 11.6 Å². The van der Waals surface area contributed by atoms with Crippen LogP contribution in [0, 0.1) is 6.92 Å². The van der Waals surface area contributed by atoms with Gasteiger partial charge >= 0.3 is 0 Å². The molecule has 0 saturated carbocycles. The Morgan fingerprint density at radius 3 is 2.83 bits per heavy atom. The first-order valence-corrected chi connectivity index (χ1v) is 7.99. The molecule has 1 aliphatic heterocycles. The molecule has 2 aromatic rings. The van der Waals surface area contributed by atoms with Crippen molar-refractivity contribution in [3.05, 3.63) is 47.7 Å². The summed E-state index contributed by atoms with van der Waals surface area (Å²) < 4.78 is 11.7. The highest BCUT2D eigenvalue weighted by atomic mass is 16.5. The van der Waals surface area contributed by atoms with Gasteiger partial charge in [0.05, 0.1) is 0 Å². The molecule has 1 aromatic heterocycles. The molecule has 0 N–H and O–H groups in total. The second-order valence-corrected chi connectivity index (χ2v) is 6.72. The van der Waals surface area contributed by atoms with Gasteiger partial charge in [0, 0.05) is 25.2 Å². The lowest BCUT2D eigenvalue weighted by Crippen LogP contribution is -2.32. The lowest BCUT2D eigenvalue weighted by Gasteiger charge is -2.19. The zero-order valence-electron chi connectivity index (χ0n) is 14.5. The van der Waals surface area contributed by atoms with E-state index in [1.807, 2.05) is 51.1 Å². The van der Waals surface area contributed by atoms with Gasteiger partial charge in [0.1, 0.15) is 11.4 Å². The van der Waals surface area contributed by atoms with E-state index in [1.165, 1.54) is 4.90 Å². The molecule has 0 atom stereocenters. The molecule has 0 aliphatic carbocycles. The van der Waals surface area contributed by atoms with Crippen molar-refractivity contribution < 1.29 is 14.3 Å². The molecular weight excluding hydrogens is 304 g/mol. The van der Waals surface area contributed by atoms with Crippen molar-refractivity contribution in [2.45, 2.75) is 32.8 Å². The number of amides is 1. The summed E-state index contributed by atoms with van der Waals surface area (Å²) in [5, 5.41) is 0. The first-order chi connectivity index (χ1) is 11.4. The molecule has 0 bridgehead atoms. The first-order valence-electron chi connectivity index (χ1n) is 7.99. The summed E-state index contributed by atoms with van der Waals surface area (Å²) >= 11 is 0. The van der Waals surface area contributed by atoms with Crippen molar-refractivity contribution in [3.8, 4) is 11.5 Å². The number of hydrogen-bond donors (Lipinski definition) is 0. The number of fused-ring (bicyclic) bond motifs is 1. The Bertz CT molecular complexity index is 754. The highest BCUT2D eigenvalue weighted by molar-refractivity contribution is 5.93. The second kappa shape index (κ2) is 6.15. The molecule has 0 unspecified atom stereocenters. The first kappa shape index (κ1) is 16.3. The quantitative estimate of drug-likeness (QED) is 0.866. The number of hydrogen-bond acceptors (Lipinski definition) is 4. The van der Waals surface area contributed by atoms with Gasteiger partial charge in [0.15, 0.2) is 18.1 Å². The van der Waals surface area contributed by atoms with Gasteiger partial charge in [-0.15, -0.1) is 0 Å². The summed E-state index contributed by atoms with van der Waals surface area (Å²) in [7, 11) is 1.69. The zero-order valence-corrected chi connectivity index (χ0v) is 14.5. The molecular formula is C19H22N2O3. The van der Waals surface area contributed by atoms with Crippen molar-refractivity contribution in [3.63, 3.8) is 0 Å². The number of rotatable bonds is 4. The Morgan fingerprint density at radius 1 is 1.33 bits per heavy atom. The number of para-hydroxylation sites is 1. The average Bonchev–Trinajstić information content (AvgIpc) is 2.87. The van der Waals surface area contributed by atoms with Gasteiger partial charge in [-0.1, -0.05) is 18.2 Å². The molecule has 126 valence electrons. The van der Waals surface area contributed by atoms with Gasteiger partial charge in [-0.2, -0.15) is 0 Å². The number of aryl methyl sites for hydroxylation is 1. The topological polar surface area (TPSA) is 51.7 Å². The minimum atomic E-state index is -0.242. The zero-order chi connectivity index (χ0) is 17.3. The van der Waals surface area contributed by atoms with Crippen LogP contribution < -0.4 is 14.4 Å². The number of ether oxygens (including phenoxy) is 2. The number of aromatic nitrogens is 1. The van der Waals surface area contributed by atoms with E-state index in [0.717, 1.165) is 23.3 Å². The summed E-state index contributed by atoms with van der Waals surface area (Å²) in [6.45, 7) is 5.98. The molecule has 5 nitrogen and oxygen atoms in total. The Labute approximate surface area is 142 Å². The van der Waals surface area contributed by atoms with Crippen LogP contribution in [-0.2, 0) is 11.2 Å². The SMILES string of the molecule is Cc1ccc(N(C)C(=O)COc2cccc3c2OC(C)(C)C3)nc1. The van der Waals surface area contributed by atoms with Crippen LogP contribution in [0.1, 0.15) is 25.0 Å². The molecule has 0 saturated heterocycles. The highest BCUT2D eigenvalue weighted by Crippen LogP contribution is 2.41. The van der Waals surface area contributed by atoms with Crippen LogP contribution in [0.2, 0.25) is 0 Å². The second-order valence-electron chi connectivity index (χ2n) is 6.72. The monoisotopic (exact) mass is 326 g/mol. The van der Waals surface area contributed by atoms with Gasteiger partial charge < -0.3 is 9.47 Å². The van der Waals surface area contributed by atoms with E-state index in [2.05, 4.69) is 4.98 Å². The smallest absolute Gasteiger partial charge is 0.265 e. The number of carbonyl (C=O) groups is 1. The fraction of sp³-hybridized carbons (Fsp3) is 0.368. The van der Waals surface area contributed by atoms with Crippen molar-refractivity contribution in [1.29, 1.82) is 0 Å². The number of carbonyl (C=O) groups excluding carboxylic acids is 1. The minimum absolute atomic E-state index is 0.0632. The number of nitrogens with zero attached hydrogens (tertiary/aromatic N) is 2. The van der Waals surface area contributed by atoms with Crippen LogP contribution in [0.25, 0.3) is 0 Å². The molecule has 1 amide bonds. The van der Waals surface area contributed by atoms with Crippen LogP contribution in [0.4, 0.5) is 5.82 Å². The van der Waals surface area contributed by atoms with E-state index in [1.54, 1.807) is 13.2 Å². The summed E-state index contributed by atoms with van der Waals surface area (Å²) in [6.07, 6.45) is 2.57. The summed E-state index contributed by atoms with van der Waals surface area (Å²) in [6, 6.07) is 9.53. The highest BCUT2D eigenvalue weighted by Gasteiger charge is 2.32. The van der Waals surface area contributed by atoms with E-state index in [9.17, 15) is 4.79 Å². The maximum Gasteiger partial charge on any atom is 0.265 e. The predicted octanol–water partition coefficient (Wildman–Crippen LogP) is 3.15. The van der Waals surface area contributed by atoms with Gasteiger partial charge in [0.2, 0.25) is 0 Å². The molecule has 2 heterocycles. The van der Waals surface area contributed by atoms with Gasteiger partial charge in [-0.05, 0) is 38.5 Å². The van der Waals surface area contributed by atoms with Crippen LogP contribution in [0.15, 0.2) is 36.5 Å². The van der Waals surface area contributed by atoms with E-state index < -0.39 is 0 Å². The Hall–Kier alpha value is -2.56. The molecule has 5 heteroatoms. The third-order valence-electron chi connectivity index (χ3n) is 4.02. The Kier molecular flexibility index (Phi) is 4.18. The maximum atomic E-state index is 12.3. The third-order valence-corrected chi connectivity index (χ3v) is 4.02. The lowest BCUT2D eigenvalue weighted by molar-refractivity contribution is -0.120. The van der Waals surface area contributed by atoms with Crippen LogP contribution in [0.5, 0.6) is 11.5 Å². The molecule has 1 aliphatic rings. The van der Waals surface area contributed by atoms with Crippen LogP contribution >= 0.6 is 0 Å². The molecule has 0 radical (unpaired) electrons. The van der Waals surface area contributed by atoms with Crippen molar-refractivity contribution >= 4 is 11.7 Å². The third kappa shape index (κ3) is 3.35. The van der Waals surface area contributed by atoms with E-state index in [4.69, 9.17) is 9.47 Å². The predicted molar refractivity (Wildman–Crippen MR) is 92.7 cm³/mol. The number of pyridine rings is 1. The summed E-state index contributed by atoms with van der Waals surface area (Å²) in [4.78, 5) is 18.1. The maximum absolute atomic E-state index is 12.3. The summed E-state index contributed by atoms with van der Waals surface area (Å²) in [5.41, 5.74) is 1.92. The van der Waals surface area contributed by atoms with E-state index in [-0.39, 0.29) is 18.1 Å². The fourth-order valence-electron chi connectivity index (χ4n) is 2.72. The van der Waals surface area contributed by atoms with Crippen LogP contribution in [-0.4, -0.2) is 30.1 Å². The molecule has 0 spiro atoms. The average molecular weight is 326 g/mol. The van der Waals surface area contributed by atoms with Crippen molar-refractivity contribution in [1.82, 2.24) is 4.98 Å². The van der Waals surface area contributed by atoms with Crippen LogP contribution in [0.3, 0.4) is 0 Å².